The van der Waals surface area contributed by atoms with Gasteiger partial charge >= 0.3 is 0 Å². The molecule has 2 rings (SSSR count). The lowest BCUT2D eigenvalue weighted by Gasteiger charge is -2.13. The number of aryl methyl sites for hydroxylation is 1. The van der Waals surface area contributed by atoms with E-state index in [9.17, 15) is 4.79 Å². The molecule has 0 spiro atoms. The third kappa shape index (κ3) is 8.58. The van der Waals surface area contributed by atoms with Crippen molar-refractivity contribution < 1.29 is 14.3 Å². The lowest BCUT2D eigenvalue weighted by Crippen LogP contribution is -2.39. The van der Waals surface area contributed by atoms with Crippen molar-refractivity contribution >= 4 is 11.9 Å². The zero-order chi connectivity index (χ0) is 22.3. The average Bonchev–Trinajstić information content (AvgIpc) is 2.81. The van der Waals surface area contributed by atoms with Crippen molar-refractivity contribution in [3.05, 3.63) is 59.7 Å². The fourth-order valence-electron chi connectivity index (χ4n) is 3.05. The Hall–Kier alpha value is -3.22. The Morgan fingerprint density at radius 1 is 0.935 bits per heavy atom. The number of amides is 1. The first kappa shape index (κ1) is 24.1. The molecule has 0 saturated carbocycles. The summed E-state index contributed by atoms with van der Waals surface area (Å²) < 4.78 is 11.0. The number of carbonyl (C=O) groups is 1. The minimum Gasteiger partial charge on any atom is -0.493 e. The van der Waals surface area contributed by atoms with Crippen LogP contribution in [0.25, 0.3) is 0 Å². The number of ether oxygens (including phenoxy) is 2. The first-order valence-electron chi connectivity index (χ1n) is 10.8. The zero-order valence-electron chi connectivity index (χ0n) is 18.7. The number of rotatable bonds is 12. The Morgan fingerprint density at radius 2 is 1.65 bits per heavy atom. The summed E-state index contributed by atoms with van der Waals surface area (Å²) >= 11 is 0. The molecule has 0 fully saturated rings. The summed E-state index contributed by atoms with van der Waals surface area (Å²) in [5.74, 6) is 2.26. The second-order valence-electron chi connectivity index (χ2n) is 6.92. The number of hydrogen-bond donors (Lipinski definition) is 3. The van der Waals surface area contributed by atoms with E-state index >= 15 is 0 Å². The second kappa shape index (κ2) is 13.9. The van der Waals surface area contributed by atoms with Gasteiger partial charge in [0.1, 0.15) is 0 Å². The highest BCUT2D eigenvalue weighted by atomic mass is 16.5. The summed E-state index contributed by atoms with van der Waals surface area (Å²) in [4.78, 5) is 16.2. The number of benzene rings is 2. The molecule has 0 atom stereocenters. The predicted molar refractivity (Wildman–Crippen MR) is 125 cm³/mol. The summed E-state index contributed by atoms with van der Waals surface area (Å²) in [7, 11) is 3.40. The second-order valence-corrected chi connectivity index (χ2v) is 6.92. The fraction of sp³-hybridized carbons (Fsp3) is 0.417. The van der Waals surface area contributed by atoms with Gasteiger partial charge in [-0.05, 0) is 56.0 Å². The number of methoxy groups -OCH3 is 1. The number of hydrogen-bond acceptors (Lipinski definition) is 4. The number of guanidine groups is 1. The molecular formula is C24H34N4O3. The molecule has 0 heterocycles. The van der Waals surface area contributed by atoms with Gasteiger partial charge in [-0.2, -0.15) is 0 Å². The van der Waals surface area contributed by atoms with Crippen LogP contribution in [0.3, 0.4) is 0 Å². The van der Waals surface area contributed by atoms with Crippen LogP contribution in [0.2, 0.25) is 0 Å². The monoisotopic (exact) mass is 426 g/mol. The van der Waals surface area contributed by atoms with Gasteiger partial charge in [-0.1, -0.05) is 24.3 Å². The smallest absolute Gasteiger partial charge is 0.251 e. The van der Waals surface area contributed by atoms with Gasteiger partial charge in [0.2, 0.25) is 0 Å². The Balaban J connectivity index is 1.62. The SMILES string of the molecule is CCOc1cc(CCCNC(=NC)NCCCNC(=O)c2ccccc2)ccc1OC. The molecule has 0 aromatic heterocycles. The molecule has 31 heavy (non-hydrogen) atoms. The highest BCUT2D eigenvalue weighted by Gasteiger charge is 2.06. The molecule has 0 aliphatic rings. The first-order valence-corrected chi connectivity index (χ1v) is 10.8. The summed E-state index contributed by atoms with van der Waals surface area (Å²) in [6.45, 7) is 4.72. The maximum absolute atomic E-state index is 12.0. The topological polar surface area (TPSA) is 84.0 Å². The van der Waals surface area contributed by atoms with Crippen molar-refractivity contribution in [3.8, 4) is 11.5 Å². The van der Waals surface area contributed by atoms with Crippen LogP contribution in [0.1, 0.15) is 35.7 Å². The predicted octanol–water partition coefficient (Wildman–Crippen LogP) is 3.01. The van der Waals surface area contributed by atoms with E-state index in [1.807, 2.05) is 49.4 Å². The molecule has 0 bridgehead atoms. The van der Waals surface area contributed by atoms with Gasteiger partial charge in [0.05, 0.1) is 13.7 Å². The minimum atomic E-state index is -0.0471. The molecule has 0 radical (unpaired) electrons. The standard InChI is InChI=1S/C24H34N4O3/c1-4-31-22-18-19(13-14-21(22)30-3)10-8-15-27-24(25-2)28-17-9-16-26-23(29)20-11-6-5-7-12-20/h5-7,11-14,18H,4,8-10,15-17H2,1-3H3,(H,26,29)(H2,25,27,28). The van der Waals surface area contributed by atoms with Crippen LogP contribution in [-0.4, -0.2) is 52.3 Å². The van der Waals surface area contributed by atoms with E-state index in [1.54, 1.807) is 14.2 Å². The summed E-state index contributed by atoms with van der Waals surface area (Å²) in [5, 5.41) is 9.52. The molecule has 2 aromatic rings. The Labute approximate surface area is 185 Å². The molecule has 0 aliphatic heterocycles. The van der Waals surface area contributed by atoms with Gasteiger partial charge in [0, 0.05) is 32.2 Å². The highest BCUT2D eigenvalue weighted by molar-refractivity contribution is 5.94. The largest absolute Gasteiger partial charge is 0.493 e. The molecule has 3 N–H and O–H groups in total. The highest BCUT2D eigenvalue weighted by Crippen LogP contribution is 2.28. The van der Waals surface area contributed by atoms with Gasteiger partial charge in [0.25, 0.3) is 5.91 Å². The Morgan fingerprint density at radius 3 is 2.32 bits per heavy atom. The van der Waals surface area contributed by atoms with Gasteiger partial charge in [-0.15, -0.1) is 0 Å². The van der Waals surface area contributed by atoms with Crippen LogP contribution < -0.4 is 25.4 Å². The van der Waals surface area contributed by atoms with Crippen LogP contribution >= 0.6 is 0 Å². The Kier molecular flexibility index (Phi) is 10.8. The minimum absolute atomic E-state index is 0.0471. The van der Waals surface area contributed by atoms with Gasteiger partial charge in [0.15, 0.2) is 17.5 Å². The third-order valence-corrected chi connectivity index (χ3v) is 4.65. The summed E-state index contributed by atoms with van der Waals surface area (Å²) in [6.07, 6.45) is 2.70. The van der Waals surface area contributed by atoms with Crippen molar-refractivity contribution in [2.45, 2.75) is 26.2 Å². The molecule has 1 amide bonds. The number of aliphatic imine (C=N–C) groups is 1. The normalized spacial score (nSPS) is 11.0. The molecule has 0 aliphatic carbocycles. The molecule has 0 saturated heterocycles. The van der Waals surface area contributed by atoms with E-state index in [2.05, 4.69) is 27.0 Å². The number of nitrogens with zero attached hydrogens (tertiary/aromatic N) is 1. The van der Waals surface area contributed by atoms with Crippen LogP contribution in [0.15, 0.2) is 53.5 Å². The van der Waals surface area contributed by atoms with Gasteiger partial charge in [-0.3, -0.25) is 9.79 Å². The molecule has 7 heteroatoms. The first-order chi connectivity index (χ1) is 15.2. The van der Waals surface area contributed by atoms with Crippen LogP contribution in [0.5, 0.6) is 11.5 Å². The van der Waals surface area contributed by atoms with Crippen LogP contribution in [-0.2, 0) is 6.42 Å². The maximum atomic E-state index is 12.0. The fourth-order valence-corrected chi connectivity index (χ4v) is 3.05. The lowest BCUT2D eigenvalue weighted by molar-refractivity contribution is 0.0953. The van der Waals surface area contributed by atoms with Crippen LogP contribution in [0, 0.1) is 0 Å². The molecule has 168 valence electrons. The van der Waals surface area contributed by atoms with Crippen molar-refractivity contribution in [1.82, 2.24) is 16.0 Å². The molecule has 7 nitrogen and oxygen atoms in total. The molecule has 0 unspecified atom stereocenters. The van der Waals surface area contributed by atoms with Crippen molar-refractivity contribution in [1.29, 1.82) is 0 Å². The van der Waals surface area contributed by atoms with E-state index in [1.165, 1.54) is 5.56 Å². The van der Waals surface area contributed by atoms with Crippen LogP contribution in [0.4, 0.5) is 0 Å². The van der Waals surface area contributed by atoms with E-state index in [0.29, 0.717) is 18.7 Å². The summed E-state index contributed by atoms with van der Waals surface area (Å²) in [5.41, 5.74) is 1.89. The third-order valence-electron chi connectivity index (χ3n) is 4.65. The van der Waals surface area contributed by atoms with Crippen molar-refractivity contribution in [3.63, 3.8) is 0 Å². The van der Waals surface area contributed by atoms with Gasteiger partial charge < -0.3 is 25.4 Å². The van der Waals surface area contributed by atoms with E-state index in [-0.39, 0.29) is 5.91 Å². The molecule has 2 aromatic carbocycles. The van der Waals surface area contributed by atoms with E-state index < -0.39 is 0 Å². The molecular weight excluding hydrogens is 392 g/mol. The van der Waals surface area contributed by atoms with Crippen molar-refractivity contribution in [2.24, 2.45) is 4.99 Å². The number of nitrogens with one attached hydrogen (secondary N) is 3. The zero-order valence-corrected chi connectivity index (χ0v) is 18.7. The summed E-state index contributed by atoms with van der Waals surface area (Å²) in [6, 6.07) is 15.3. The van der Waals surface area contributed by atoms with E-state index in [4.69, 9.17) is 9.47 Å². The average molecular weight is 427 g/mol. The van der Waals surface area contributed by atoms with E-state index in [0.717, 1.165) is 49.8 Å². The maximum Gasteiger partial charge on any atom is 0.251 e. The quantitative estimate of drug-likeness (QED) is 0.276. The number of carbonyl (C=O) groups excluding carboxylic acids is 1. The Bertz CT molecular complexity index is 825. The lowest BCUT2D eigenvalue weighted by atomic mass is 10.1. The van der Waals surface area contributed by atoms with Gasteiger partial charge in [-0.25, -0.2) is 0 Å². The van der Waals surface area contributed by atoms with Crippen molar-refractivity contribution in [2.75, 3.05) is 40.4 Å².